The number of hydrogen-bond donors (Lipinski definition) is 1. The fourth-order valence-corrected chi connectivity index (χ4v) is 3.05. The summed E-state index contributed by atoms with van der Waals surface area (Å²) in [5, 5.41) is 15.7. The predicted molar refractivity (Wildman–Crippen MR) is 121 cm³/mol. The highest BCUT2D eigenvalue weighted by Crippen LogP contribution is 2.35. The maximum absolute atomic E-state index is 13.2. The summed E-state index contributed by atoms with van der Waals surface area (Å²) in [7, 11) is 1.50. The number of ether oxygens (including phenoxy) is 2. The van der Waals surface area contributed by atoms with Gasteiger partial charge in [-0.25, -0.2) is 4.39 Å². The number of methoxy groups -OCH3 is 1. The first-order valence-electron chi connectivity index (χ1n) is 9.99. The van der Waals surface area contributed by atoms with Crippen molar-refractivity contribution in [2.45, 2.75) is 20.0 Å². The molecule has 0 aliphatic carbocycles. The van der Waals surface area contributed by atoms with Crippen LogP contribution in [0.1, 0.15) is 22.5 Å². The highest BCUT2D eigenvalue weighted by molar-refractivity contribution is 6.09. The van der Waals surface area contributed by atoms with E-state index in [4.69, 9.17) is 14.0 Å². The highest BCUT2D eigenvalue weighted by Gasteiger charge is 2.16. The molecule has 1 heterocycles. The molecule has 8 heteroatoms. The largest absolute Gasteiger partial charge is 0.493 e. The van der Waals surface area contributed by atoms with Gasteiger partial charge in [0.2, 0.25) is 0 Å². The molecule has 1 N–H and O–H groups in total. The lowest BCUT2D eigenvalue weighted by atomic mass is 10.0. The summed E-state index contributed by atoms with van der Waals surface area (Å²) in [5.41, 5.74) is 1.99. The van der Waals surface area contributed by atoms with Gasteiger partial charge >= 0.3 is 0 Å². The van der Waals surface area contributed by atoms with Crippen LogP contribution < -0.4 is 14.8 Å². The summed E-state index contributed by atoms with van der Waals surface area (Å²) < 4.78 is 29.5. The standard InChI is InChI=1S/C25H22FN3O4/c1-4-5-19-11-18(12-20(14-27)25(30)28-23-10-16(2)33-29-23)13-22(31-3)24(19)32-15-17-6-8-21(26)9-7-17/h4,6-13H,1,5,15H2,2-3H3,(H,28,29,30)/b20-12-. The third-order valence-corrected chi connectivity index (χ3v) is 4.58. The number of allylic oxidation sites excluding steroid dienone is 1. The summed E-state index contributed by atoms with van der Waals surface area (Å²) in [6.45, 7) is 5.68. The Hall–Kier alpha value is -4.38. The van der Waals surface area contributed by atoms with Crippen molar-refractivity contribution in [3.8, 4) is 17.6 Å². The lowest BCUT2D eigenvalue weighted by Gasteiger charge is -2.16. The molecule has 168 valence electrons. The Balaban J connectivity index is 1.89. The minimum atomic E-state index is -0.619. The molecule has 0 unspecified atom stereocenters. The molecule has 0 spiro atoms. The smallest absolute Gasteiger partial charge is 0.267 e. The van der Waals surface area contributed by atoms with Crippen molar-refractivity contribution in [1.82, 2.24) is 5.16 Å². The topological polar surface area (TPSA) is 97.4 Å². The van der Waals surface area contributed by atoms with Crippen molar-refractivity contribution in [1.29, 1.82) is 5.26 Å². The van der Waals surface area contributed by atoms with Crippen LogP contribution in [0.5, 0.6) is 11.5 Å². The normalized spacial score (nSPS) is 10.9. The van der Waals surface area contributed by atoms with Gasteiger partial charge in [0.1, 0.15) is 29.8 Å². The molecule has 3 rings (SSSR count). The zero-order valence-electron chi connectivity index (χ0n) is 18.2. The first kappa shape index (κ1) is 23.3. The van der Waals surface area contributed by atoms with Crippen LogP contribution in [0.4, 0.5) is 10.2 Å². The molecule has 7 nitrogen and oxygen atoms in total. The van der Waals surface area contributed by atoms with Crippen molar-refractivity contribution in [2.75, 3.05) is 12.4 Å². The number of amides is 1. The Morgan fingerprint density at radius 2 is 2.06 bits per heavy atom. The molecule has 3 aromatic rings. The Labute approximate surface area is 190 Å². The number of nitriles is 1. The van der Waals surface area contributed by atoms with Crippen molar-refractivity contribution >= 4 is 17.8 Å². The fourth-order valence-electron chi connectivity index (χ4n) is 3.05. The second-order valence-electron chi connectivity index (χ2n) is 7.07. The zero-order chi connectivity index (χ0) is 23.8. The van der Waals surface area contributed by atoms with Crippen LogP contribution in [0.15, 0.2) is 65.2 Å². The quantitative estimate of drug-likeness (QED) is 0.282. The number of nitrogens with zero attached hydrogens (tertiary/aromatic N) is 2. The second kappa shape index (κ2) is 10.8. The molecular formula is C25H22FN3O4. The summed E-state index contributed by atoms with van der Waals surface area (Å²) in [4.78, 5) is 12.5. The van der Waals surface area contributed by atoms with Gasteiger partial charge in [0.15, 0.2) is 17.3 Å². The number of anilines is 1. The number of carbonyl (C=O) groups is 1. The first-order valence-corrected chi connectivity index (χ1v) is 9.99. The van der Waals surface area contributed by atoms with Gasteiger partial charge < -0.3 is 19.3 Å². The Bertz CT molecular complexity index is 1220. The molecule has 0 bridgehead atoms. The van der Waals surface area contributed by atoms with Gasteiger partial charge in [-0.05, 0) is 54.8 Å². The molecule has 0 aliphatic rings. The Kier molecular flexibility index (Phi) is 7.60. The number of aryl methyl sites for hydroxylation is 1. The van der Waals surface area contributed by atoms with Gasteiger partial charge in [0.05, 0.1) is 7.11 Å². The van der Waals surface area contributed by atoms with E-state index in [1.54, 1.807) is 43.3 Å². The zero-order valence-corrected chi connectivity index (χ0v) is 18.2. The van der Waals surface area contributed by atoms with Gasteiger partial charge in [0.25, 0.3) is 5.91 Å². The van der Waals surface area contributed by atoms with Crippen LogP contribution in [-0.4, -0.2) is 18.2 Å². The van der Waals surface area contributed by atoms with Crippen molar-refractivity contribution in [3.63, 3.8) is 0 Å². The van der Waals surface area contributed by atoms with E-state index in [1.165, 1.54) is 25.3 Å². The molecule has 0 aliphatic heterocycles. The number of hydrogen-bond acceptors (Lipinski definition) is 6. The summed E-state index contributed by atoms with van der Waals surface area (Å²) in [6.07, 6.45) is 3.61. The maximum atomic E-state index is 13.2. The van der Waals surface area contributed by atoms with Gasteiger partial charge in [-0.1, -0.05) is 23.4 Å². The summed E-state index contributed by atoms with van der Waals surface area (Å²) >= 11 is 0. The molecular weight excluding hydrogens is 425 g/mol. The molecule has 1 aromatic heterocycles. The minimum Gasteiger partial charge on any atom is -0.493 e. The van der Waals surface area contributed by atoms with Crippen molar-refractivity contribution in [3.05, 3.63) is 89.0 Å². The fraction of sp³-hybridized carbons (Fsp3) is 0.160. The SMILES string of the molecule is C=CCc1cc(/C=C(/C#N)C(=O)Nc2cc(C)on2)cc(OC)c1OCc1ccc(F)cc1. The van der Waals surface area contributed by atoms with E-state index in [9.17, 15) is 14.4 Å². The van der Waals surface area contributed by atoms with Gasteiger partial charge in [0, 0.05) is 11.6 Å². The average molecular weight is 447 g/mol. The average Bonchev–Trinajstić information content (AvgIpc) is 3.21. The van der Waals surface area contributed by atoms with Crippen LogP contribution in [0, 0.1) is 24.1 Å². The van der Waals surface area contributed by atoms with Crippen LogP contribution in [0.25, 0.3) is 6.08 Å². The summed E-state index contributed by atoms with van der Waals surface area (Å²) in [5.74, 6) is 0.728. The van der Waals surface area contributed by atoms with Gasteiger partial charge in [-0.3, -0.25) is 4.79 Å². The molecule has 0 saturated heterocycles. The lowest BCUT2D eigenvalue weighted by Crippen LogP contribution is -2.13. The molecule has 0 fully saturated rings. The highest BCUT2D eigenvalue weighted by atomic mass is 19.1. The van der Waals surface area contributed by atoms with E-state index in [0.29, 0.717) is 29.2 Å². The van der Waals surface area contributed by atoms with E-state index >= 15 is 0 Å². The molecule has 33 heavy (non-hydrogen) atoms. The van der Waals surface area contributed by atoms with E-state index in [1.807, 2.05) is 6.07 Å². The lowest BCUT2D eigenvalue weighted by molar-refractivity contribution is -0.112. The van der Waals surface area contributed by atoms with Crippen molar-refractivity contribution in [2.24, 2.45) is 0 Å². The second-order valence-corrected chi connectivity index (χ2v) is 7.07. The number of carbonyl (C=O) groups excluding carboxylic acids is 1. The molecule has 1 amide bonds. The van der Waals surface area contributed by atoms with Crippen LogP contribution in [0.3, 0.4) is 0 Å². The molecule has 0 saturated carbocycles. The number of rotatable bonds is 9. The van der Waals surface area contributed by atoms with Crippen molar-refractivity contribution < 1.29 is 23.2 Å². The Morgan fingerprint density at radius 1 is 1.30 bits per heavy atom. The van der Waals surface area contributed by atoms with Crippen LogP contribution in [0.2, 0.25) is 0 Å². The number of nitrogens with one attached hydrogen (secondary N) is 1. The van der Waals surface area contributed by atoms with Crippen LogP contribution >= 0.6 is 0 Å². The van der Waals surface area contributed by atoms with E-state index in [-0.39, 0.29) is 23.8 Å². The van der Waals surface area contributed by atoms with Gasteiger partial charge in [-0.2, -0.15) is 5.26 Å². The first-order chi connectivity index (χ1) is 15.9. The number of aromatic nitrogens is 1. The number of benzene rings is 2. The number of halogens is 1. The Morgan fingerprint density at radius 3 is 2.67 bits per heavy atom. The third-order valence-electron chi connectivity index (χ3n) is 4.58. The molecule has 0 atom stereocenters. The van der Waals surface area contributed by atoms with E-state index < -0.39 is 5.91 Å². The van der Waals surface area contributed by atoms with Gasteiger partial charge in [-0.15, -0.1) is 6.58 Å². The maximum Gasteiger partial charge on any atom is 0.267 e. The third kappa shape index (κ3) is 6.08. The van der Waals surface area contributed by atoms with E-state index in [0.717, 1.165) is 11.1 Å². The van der Waals surface area contributed by atoms with Crippen LogP contribution in [-0.2, 0) is 17.8 Å². The monoisotopic (exact) mass is 447 g/mol. The molecule has 0 radical (unpaired) electrons. The summed E-state index contributed by atoms with van der Waals surface area (Å²) in [6, 6.07) is 12.9. The van der Waals surface area contributed by atoms with E-state index in [2.05, 4.69) is 17.1 Å². The minimum absolute atomic E-state index is 0.123. The molecule has 2 aromatic carbocycles. The predicted octanol–water partition coefficient (Wildman–Crippen LogP) is 4.98.